The van der Waals surface area contributed by atoms with Crippen molar-refractivity contribution in [1.82, 2.24) is 4.90 Å². The van der Waals surface area contributed by atoms with Gasteiger partial charge in [0.2, 0.25) is 0 Å². The van der Waals surface area contributed by atoms with Gasteiger partial charge >= 0.3 is 0 Å². The first-order chi connectivity index (χ1) is 14.1. The van der Waals surface area contributed by atoms with Crippen LogP contribution in [-0.2, 0) is 13.1 Å². The molecular weight excluding hydrogens is 404 g/mol. The van der Waals surface area contributed by atoms with Crippen molar-refractivity contribution in [1.29, 1.82) is 0 Å². The molecule has 0 spiro atoms. The zero-order chi connectivity index (χ0) is 20.6. The van der Waals surface area contributed by atoms with Crippen LogP contribution in [-0.4, -0.2) is 24.2 Å². The molecule has 0 heterocycles. The van der Waals surface area contributed by atoms with Crippen molar-refractivity contribution < 1.29 is 9.47 Å². The van der Waals surface area contributed by atoms with Crippen LogP contribution < -0.4 is 14.8 Å². The number of methoxy groups -OCH3 is 2. The molecule has 0 atom stereocenters. The van der Waals surface area contributed by atoms with E-state index in [9.17, 15) is 0 Å². The van der Waals surface area contributed by atoms with Crippen LogP contribution in [0.1, 0.15) is 11.1 Å². The fourth-order valence-corrected chi connectivity index (χ4v) is 3.21. The van der Waals surface area contributed by atoms with Crippen molar-refractivity contribution in [2.24, 2.45) is 0 Å². The van der Waals surface area contributed by atoms with Crippen molar-refractivity contribution in [2.75, 3.05) is 19.5 Å². The van der Waals surface area contributed by atoms with E-state index in [0.29, 0.717) is 23.2 Å². The van der Waals surface area contributed by atoms with Gasteiger partial charge in [0.25, 0.3) is 0 Å². The molecule has 0 radical (unpaired) electrons. The molecule has 4 nitrogen and oxygen atoms in total. The van der Waals surface area contributed by atoms with Crippen LogP contribution in [0.5, 0.6) is 11.5 Å². The normalized spacial score (nSPS) is 10.3. The number of nitrogens with one attached hydrogen (secondary N) is 1. The summed E-state index contributed by atoms with van der Waals surface area (Å²) >= 11 is 11.7. The zero-order valence-electron chi connectivity index (χ0n) is 16.4. The number of hydrogen-bond donors (Lipinski definition) is 1. The van der Waals surface area contributed by atoms with Crippen molar-refractivity contribution >= 4 is 34.6 Å². The summed E-state index contributed by atoms with van der Waals surface area (Å²) < 4.78 is 10.5. The van der Waals surface area contributed by atoms with Crippen LogP contribution in [0.4, 0.5) is 5.69 Å². The second-order valence-electron chi connectivity index (χ2n) is 6.49. The van der Waals surface area contributed by atoms with E-state index in [1.165, 1.54) is 0 Å². The zero-order valence-corrected chi connectivity index (χ0v) is 18.0. The molecule has 0 fully saturated rings. The third-order valence-corrected chi connectivity index (χ3v) is 5.06. The predicted molar refractivity (Wildman–Crippen MR) is 123 cm³/mol. The van der Waals surface area contributed by atoms with Crippen LogP contribution in [0.3, 0.4) is 0 Å². The van der Waals surface area contributed by atoms with Crippen molar-refractivity contribution in [3.8, 4) is 11.5 Å². The Labute approximate surface area is 182 Å². The number of hydrogen-bond acceptors (Lipinski definition) is 3. The average molecular weight is 427 g/mol. The topological polar surface area (TPSA) is 33.7 Å². The number of ether oxygens (including phenoxy) is 2. The summed E-state index contributed by atoms with van der Waals surface area (Å²) in [5, 5.41) is 4.63. The van der Waals surface area contributed by atoms with Gasteiger partial charge in [0.05, 0.1) is 14.2 Å². The molecule has 3 rings (SSSR count). The van der Waals surface area contributed by atoms with E-state index in [1.807, 2.05) is 72.8 Å². The Bertz CT molecular complexity index is 879. The summed E-state index contributed by atoms with van der Waals surface area (Å²) in [5.74, 6) is 1.66. The quantitative estimate of drug-likeness (QED) is 0.486. The Morgan fingerprint density at radius 2 is 1.24 bits per heavy atom. The maximum absolute atomic E-state index is 5.98. The third kappa shape index (κ3) is 6.11. The van der Waals surface area contributed by atoms with Gasteiger partial charge in [-0.3, -0.25) is 0 Å². The van der Waals surface area contributed by atoms with E-state index in [0.717, 1.165) is 28.3 Å². The summed E-state index contributed by atoms with van der Waals surface area (Å²) in [6.07, 6.45) is 0. The highest BCUT2D eigenvalue weighted by atomic mass is 35.5. The minimum absolute atomic E-state index is 0.638. The lowest BCUT2D eigenvalue weighted by molar-refractivity contribution is 0.404. The molecule has 0 aliphatic carbocycles. The summed E-state index contributed by atoms with van der Waals surface area (Å²) in [5.41, 5.74) is 3.17. The minimum atomic E-state index is 0.638. The molecule has 0 unspecified atom stereocenters. The van der Waals surface area contributed by atoms with Crippen LogP contribution in [0.25, 0.3) is 0 Å². The number of anilines is 1. The SMILES string of the molecule is COc1ccc(CN(Cc2ccc(OC)cc2)C(=S)Nc2ccc(Cl)cc2)cc1. The minimum Gasteiger partial charge on any atom is -0.497 e. The van der Waals surface area contributed by atoms with Crippen LogP contribution in [0, 0.1) is 0 Å². The molecule has 3 aromatic rings. The van der Waals surface area contributed by atoms with Crippen LogP contribution >= 0.6 is 23.8 Å². The van der Waals surface area contributed by atoms with Gasteiger partial charge in [-0.2, -0.15) is 0 Å². The molecule has 0 aromatic heterocycles. The van der Waals surface area contributed by atoms with Gasteiger partial charge in [-0.15, -0.1) is 0 Å². The van der Waals surface area contributed by atoms with Crippen molar-refractivity contribution in [3.05, 3.63) is 88.9 Å². The smallest absolute Gasteiger partial charge is 0.174 e. The van der Waals surface area contributed by atoms with E-state index in [4.69, 9.17) is 33.3 Å². The number of benzene rings is 3. The number of thiocarbonyl (C=S) groups is 1. The van der Waals surface area contributed by atoms with Gasteiger partial charge in [-0.25, -0.2) is 0 Å². The summed E-state index contributed by atoms with van der Waals surface area (Å²) in [4.78, 5) is 2.12. The second kappa shape index (κ2) is 10.1. The molecule has 0 aliphatic rings. The molecule has 1 N–H and O–H groups in total. The number of halogens is 1. The Morgan fingerprint density at radius 3 is 1.66 bits per heavy atom. The van der Waals surface area contributed by atoms with E-state index >= 15 is 0 Å². The molecule has 6 heteroatoms. The molecule has 0 aliphatic heterocycles. The molecule has 29 heavy (non-hydrogen) atoms. The molecule has 0 amide bonds. The Kier molecular flexibility index (Phi) is 7.33. The first-order valence-electron chi connectivity index (χ1n) is 9.15. The van der Waals surface area contributed by atoms with E-state index < -0.39 is 0 Å². The highest BCUT2D eigenvalue weighted by Crippen LogP contribution is 2.19. The van der Waals surface area contributed by atoms with Gasteiger partial charge in [-0.1, -0.05) is 35.9 Å². The highest BCUT2D eigenvalue weighted by molar-refractivity contribution is 7.80. The fraction of sp³-hybridized carbons (Fsp3) is 0.174. The summed E-state index contributed by atoms with van der Waals surface area (Å²) in [6, 6.07) is 23.5. The average Bonchev–Trinajstić information content (AvgIpc) is 2.76. The van der Waals surface area contributed by atoms with Gasteiger partial charge in [-0.05, 0) is 71.9 Å². The van der Waals surface area contributed by atoms with Crippen LogP contribution in [0.2, 0.25) is 5.02 Å². The Morgan fingerprint density at radius 1 is 0.793 bits per heavy atom. The monoisotopic (exact) mass is 426 g/mol. The first kappa shape index (κ1) is 21.0. The molecule has 3 aromatic carbocycles. The Balaban J connectivity index is 1.78. The number of rotatable bonds is 7. The summed E-state index contributed by atoms with van der Waals surface area (Å²) in [6.45, 7) is 1.32. The Hall–Kier alpha value is -2.76. The molecule has 0 saturated carbocycles. The van der Waals surface area contributed by atoms with E-state index in [1.54, 1.807) is 14.2 Å². The second-order valence-corrected chi connectivity index (χ2v) is 7.31. The molecular formula is C23H23ClN2O2S. The molecule has 0 saturated heterocycles. The maximum atomic E-state index is 5.98. The maximum Gasteiger partial charge on any atom is 0.174 e. The van der Waals surface area contributed by atoms with Gasteiger partial charge in [0.1, 0.15) is 11.5 Å². The van der Waals surface area contributed by atoms with Gasteiger partial charge < -0.3 is 19.7 Å². The van der Waals surface area contributed by atoms with Crippen molar-refractivity contribution in [3.63, 3.8) is 0 Å². The summed E-state index contributed by atoms with van der Waals surface area (Å²) in [7, 11) is 3.33. The third-order valence-electron chi connectivity index (χ3n) is 4.45. The van der Waals surface area contributed by atoms with Gasteiger partial charge in [0.15, 0.2) is 5.11 Å². The van der Waals surface area contributed by atoms with E-state index in [2.05, 4.69) is 10.2 Å². The predicted octanol–water partition coefficient (Wildman–Crippen LogP) is 5.76. The lowest BCUT2D eigenvalue weighted by atomic mass is 10.1. The van der Waals surface area contributed by atoms with E-state index in [-0.39, 0.29) is 0 Å². The lowest BCUT2D eigenvalue weighted by Gasteiger charge is -2.26. The van der Waals surface area contributed by atoms with Crippen LogP contribution in [0.15, 0.2) is 72.8 Å². The largest absolute Gasteiger partial charge is 0.497 e. The first-order valence-corrected chi connectivity index (χ1v) is 9.93. The van der Waals surface area contributed by atoms with Crippen molar-refractivity contribution in [2.45, 2.75) is 13.1 Å². The lowest BCUT2D eigenvalue weighted by Crippen LogP contribution is -2.33. The molecule has 150 valence electrons. The molecule has 0 bridgehead atoms. The fourth-order valence-electron chi connectivity index (χ4n) is 2.84. The van der Waals surface area contributed by atoms with Gasteiger partial charge in [0, 0.05) is 23.8 Å². The highest BCUT2D eigenvalue weighted by Gasteiger charge is 2.12. The standard InChI is InChI=1S/C23H23ClN2O2S/c1-27-21-11-3-17(4-12-21)15-26(16-18-5-13-22(28-2)14-6-18)23(29)25-20-9-7-19(24)8-10-20/h3-14H,15-16H2,1-2H3,(H,25,29). The number of nitrogens with zero attached hydrogens (tertiary/aromatic N) is 1.